The SMILES string of the molecule is CC/C=C\C/C=C\C/C=C\C/C=C\C/C=C\C/C=C\CCC(=O)OC(CO)COCCCCCCCC/C=C\C/C=C\CCC. The molecule has 4 nitrogen and oxygen atoms in total. The molecule has 0 radical (unpaired) electrons. The molecule has 45 heavy (non-hydrogen) atoms. The van der Waals surface area contributed by atoms with Gasteiger partial charge in [-0.15, -0.1) is 0 Å². The standard InChI is InChI=1S/C41H66O4/c1-3-5-7-9-11-13-15-17-19-20-21-22-23-24-26-28-30-32-34-36-41(43)45-40(38-42)39-44-37-35-33-31-29-27-25-18-16-14-12-10-8-6-4-2/h5,7-8,10-11,13-14,16-17,19,21-22,24,26,30,32,40,42H,3-4,6,9,12,15,18,20,23,25,27-29,31,33-39H2,1-2H3/b7-5-,10-8-,13-11-,16-14-,19-17-,22-21-,26-24-,32-30-. The third kappa shape index (κ3) is 35.7. The van der Waals surface area contributed by atoms with Crippen LogP contribution in [0.4, 0.5) is 0 Å². The Morgan fingerprint density at radius 2 is 1.00 bits per heavy atom. The molecule has 0 heterocycles. The summed E-state index contributed by atoms with van der Waals surface area (Å²) in [6.07, 6.45) is 53.1. The smallest absolute Gasteiger partial charge is 0.306 e. The highest BCUT2D eigenvalue weighted by molar-refractivity contribution is 5.69. The highest BCUT2D eigenvalue weighted by atomic mass is 16.6. The van der Waals surface area contributed by atoms with Crippen molar-refractivity contribution in [2.45, 2.75) is 136 Å². The summed E-state index contributed by atoms with van der Waals surface area (Å²) in [5, 5.41) is 9.54. The van der Waals surface area contributed by atoms with Gasteiger partial charge in [-0.2, -0.15) is 0 Å². The molecule has 4 heteroatoms. The van der Waals surface area contributed by atoms with Crippen LogP contribution in [-0.4, -0.2) is 37.0 Å². The highest BCUT2D eigenvalue weighted by Gasteiger charge is 2.13. The summed E-state index contributed by atoms with van der Waals surface area (Å²) >= 11 is 0. The zero-order valence-corrected chi connectivity index (χ0v) is 28.8. The number of carbonyl (C=O) groups is 1. The molecule has 1 N–H and O–H groups in total. The molecule has 1 atom stereocenters. The van der Waals surface area contributed by atoms with E-state index in [-0.39, 0.29) is 19.2 Å². The van der Waals surface area contributed by atoms with Crippen LogP contribution >= 0.6 is 0 Å². The fourth-order valence-electron chi connectivity index (χ4n) is 4.27. The molecule has 254 valence electrons. The summed E-state index contributed by atoms with van der Waals surface area (Å²) in [5.41, 5.74) is 0. The molecule has 0 aromatic rings. The van der Waals surface area contributed by atoms with Gasteiger partial charge in [0.15, 0.2) is 0 Å². The number of carbonyl (C=O) groups excluding carboxylic acids is 1. The van der Waals surface area contributed by atoms with Crippen molar-refractivity contribution in [1.29, 1.82) is 0 Å². The summed E-state index contributed by atoms with van der Waals surface area (Å²) in [5.74, 6) is -0.292. The zero-order chi connectivity index (χ0) is 32.7. The Balaban J connectivity index is 3.67. The number of ether oxygens (including phenoxy) is 2. The van der Waals surface area contributed by atoms with Crippen LogP contribution in [0.3, 0.4) is 0 Å². The Hall–Kier alpha value is -2.69. The second-order valence-corrected chi connectivity index (χ2v) is 11.2. The number of aliphatic hydroxyl groups is 1. The van der Waals surface area contributed by atoms with Crippen molar-refractivity contribution in [2.75, 3.05) is 19.8 Å². The van der Waals surface area contributed by atoms with Gasteiger partial charge in [0.25, 0.3) is 0 Å². The fourth-order valence-corrected chi connectivity index (χ4v) is 4.27. The molecule has 0 fully saturated rings. The minimum atomic E-state index is -0.585. The average Bonchev–Trinajstić information content (AvgIpc) is 3.05. The normalized spacial score (nSPS) is 13.6. The molecule has 0 rings (SSSR count). The van der Waals surface area contributed by atoms with Gasteiger partial charge in [-0.3, -0.25) is 4.79 Å². The Morgan fingerprint density at radius 1 is 0.556 bits per heavy atom. The summed E-state index contributed by atoms with van der Waals surface area (Å²) < 4.78 is 11.0. The van der Waals surface area contributed by atoms with E-state index in [2.05, 4.69) is 105 Å². The minimum Gasteiger partial charge on any atom is -0.457 e. The maximum absolute atomic E-state index is 12.1. The van der Waals surface area contributed by atoms with Crippen LogP contribution in [0.5, 0.6) is 0 Å². The van der Waals surface area contributed by atoms with Crippen LogP contribution in [0.2, 0.25) is 0 Å². The molecular weight excluding hydrogens is 556 g/mol. The number of rotatable bonds is 31. The molecular formula is C41H66O4. The predicted octanol–water partition coefficient (Wildman–Crippen LogP) is 11.4. The van der Waals surface area contributed by atoms with Crippen molar-refractivity contribution in [1.82, 2.24) is 0 Å². The van der Waals surface area contributed by atoms with Gasteiger partial charge in [-0.05, 0) is 77.0 Å². The number of esters is 1. The molecule has 0 saturated carbocycles. The molecule has 0 amide bonds. The van der Waals surface area contributed by atoms with Crippen LogP contribution in [0.1, 0.15) is 129 Å². The van der Waals surface area contributed by atoms with Gasteiger partial charge in [0.05, 0.1) is 13.2 Å². The molecule has 0 aliphatic heterocycles. The first kappa shape index (κ1) is 42.3. The van der Waals surface area contributed by atoms with Crippen molar-refractivity contribution >= 4 is 5.97 Å². The maximum Gasteiger partial charge on any atom is 0.306 e. The lowest BCUT2D eigenvalue weighted by molar-refractivity contribution is -0.154. The van der Waals surface area contributed by atoms with E-state index < -0.39 is 6.10 Å². The highest BCUT2D eigenvalue weighted by Crippen LogP contribution is 2.09. The number of hydrogen-bond donors (Lipinski definition) is 1. The molecule has 0 aromatic carbocycles. The maximum atomic E-state index is 12.1. The average molecular weight is 623 g/mol. The summed E-state index contributed by atoms with van der Waals surface area (Å²) in [6, 6.07) is 0. The Kier molecular flexibility index (Phi) is 35.3. The molecule has 0 saturated heterocycles. The second-order valence-electron chi connectivity index (χ2n) is 11.2. The van der Waals surface area contributed by atoms with E-state index in [0.29, 0.717) is 19.4 Å². The van der Waals surface area contributed by atoms with Gasteiger partial charge < -0.3 is 14.6 Å². The third-order valence-corrected chi connectivity index (χ3v) is 6.89. The van der Waals surface area contributed by atoms with E-state index in [1.807, 2.05) is 6.08 Å². The largest absolute Gasteiger partial charge is 0.457 e. The number of allylic oxidation sites excluding steroid dienone is 16. The predicted molar refractivity (Wildman–Crippen MR) is 195 cm³/mol. The Labute approximate surface area is 277 Å². The van der Waals surface area contributed by atoms with Crippen LogP contribution in [0, 0.1) is 0 Å². The monoisotopic (exact) mass is 622 g/mol. The summed E-state index contributed by atoms with van der Waals surface area (Å²) in [4.78, 5) is 12.1. The van der Waals surface area contributed by atoms with Gasteiger partial charge >= 0.3 is 5.97 Å². The molecule has 0 bridgehead atoms. The number of aliphatic hydroxyl groups excluding tert-OH is 1. The Morgan fingerprint density at radius 3 is 1.51 bits per heavy atom. The van der Waals surface area contributed by atoms with Gasteiger partial charge in [-0.1, -0.05) is 143 Å². The van der Waals surface area contributed by atoms with Crippen LogP contribution in [0.15, 0.2) is 97.2 Å². The van der Waals surface area contributed by atoms with E-state index in [0.717, 1.165) is 57.8 Å². The van der Waals surface area contributed by atoms with Crippen molar-refractivity contribution in [3.8, 4) is 0 Å². The first-order chi connectivity index (χ1) is 22.2. The van der Waals surface area contributed by atoms with Crippen LogP contribution < -0.4 is 0 Å². The Bertz CT molecular complexity index is 872. The second kappa shape index (κ2) is 37.5. The van der Waals surface area contributed by atoms with Crippen molar-refractivity contribution in [3.05, 3.63) is 97.2 Å². The zero-order valence-electron chi connectivity index (χ0n) is 28.8. The van der Waals surface area contributed by atoms with Gasteiger partial charge in [0.1, 0.15) is 6.10 Å². The van der Waals surface area contributed by atoms with E-state index >= 15 is 0 Å². The topological polar surface area (TPSA) is 55.8 Å². The molecule has 1 unspecified atom stereocenters. The molecule has 0 spiro atoms. The number of unbranched alkanes of at least 4 members (excludes halogenated alkanes) is 7. The van der Waals surface area contributed by atoms with Crippen molar-refractivity contribution in [3.63, 3.8) is 0 Å². The van der Waals surface area contributed by atoms with Crippen molar-refractivity contribution in [2.24, 2.45) is 0 Å². The third-order valence-electron chi connectivity index (χ3n) is 6.89. The quantitative estimate of drug-likeness (QED) is 0.0475. The molecule has 0 aliphatic carbocycles. The van der Waals surface area contributed by atoms with Crippen LogP contribution in [0.25, 0.3) is 0 Å². The lowest BCUT2D eigenvalue weighted by atomic mass is 10.1. The lowest BCUT2D eigenvalue weighted by Gasteiger charge is -2.15. The van der Waals surface area contributed by atoms with Gasteiger partial charge in [0, 0.05) is 13.0 Å². The van der Waals surface area contributed by atoms with Gasteiger partial charge in [-0.25, -0.2) is 0 Å². The van der Waals surface area contributed by atoms with E-state index in [1.165, 1.54) is 44.9 Å². The lowest BCUT2D eigenvalue weighted by Crippen LogP contribution is -2.27. The summed E-state index contributed by atoms with van der Waals surface area (Å²) in [6.45, 7) is 5.04. The van der Waals surface area contributed by atoms with E-state index in [9.17, 15) is 9.90 Å². The van der Waals surface area contributed by atoms with Crippen molar-refractivity contribution < 1.29 is 19.4 Å². The first-order valence-electron chi connectivity index (χ1n) is 17.8. The van der Waals surface area contributed by atoms with Gasteiger partial charge in [0.2, 0.25) is 0 Å². The molecule has 0 aromatic heterocycles. The molecule has 0 aliphatic rings. The number of hydrogen-bond acceptors (Lipinski definition) is 4. The fraction of sp³-hybridized carbons (Fsp3) is 0.585. The first-order valence-corrected chi connectivity index (χ1v) is 17.8. The summed E-state index contributed by atoms with van der Waals surface area (Å²) in [7, 11) is 0. The minimum absolute atomic E-state index is 0.213. The van der Waals surface area contributed by atoms with E-state index in [1.54, 1.807) is 0 Å². The van der Waals surface area contributed by atoms with E-state index in [4.69, 9.17) is 9.47 Å². The van der Waals surface area contributed by atoms with Crippen LogP contribution in [-0.2, 0) is 14.3 Å².